The van der Waals surface area contributed by atoms with E-state index in [1.54, 1.807) is 5.56 Å². The maximum Gasteiger partial charge on any atom is 0.0196 e. The van der Waals surface area contributed by atoms with Crippen LogP contribution in [0.1, 0.15) is 62.0 Å². The quantitative estimate of drug-likeness (QED) is 0.839. The zero-order chi connectivity index (χ0) is 11.7. The summed E-state index contributed by atoms with van der Waals surface area (Å²) < 4.78 is 0. The first kappa shape index (κ1) is 11.3. The van der Waals surface area contributed by atoms with E-state index in [0.29, 0.717) is 0 Å². The van der Waals surface area contributed by atoms with Crippen LogP contribution in [0.25, 0.3) is 0 Å². The zero-order valence-electron chi connectivity index (χ0n) is 10.6. The first-order chi connectivity index (χ1) is 8.25. The number of rotatable bonds is 3. The molecule has 0 atom stereocenters. The Morgan fingerprint density at radius 3 is 2.59 bits per heavy atom. The third kappa shape index (κ3) is 2.71. The zero-order valence-corrected chi connectivity index (χ0v) is 10.6. The predicted molar refractivity (Wildman–Crippen MR) is 72.1 cm³/mol. The third-order valence-electron chi connectivity index (χ3n) is 4.48. The van der Waals surface area contributed by atoms with E-state index in [-0.39, 0.29) is 5.54 Å². The Hall–Kier alpha value is -0.820. The molecule has 0 radical (unpaired) electrons. The second-order valence-electron chi connectivity index (χ2n) is 6.12. The van der Waals surface area contributed by atoms with Gasteiger partial charge in [-0.1, -0.05) is 43.5 Å². The molecule has 2 aliphatic rings. The molecule has 0 aromatic heterocycles. The summed E-state index contributed by atoms with van der Waals surface area (Å²) in [6.07, 6.45) is 10.5. The Morgan fingerprint density at radius 2 is 1.88 bits per heavy atom. The summed E-state index contributed by atoms with van der Waals surface area (Å²) in [5, 5.41) is 0. The average Bonchev–Trinajstić information content (AvgIpc) is 3.08. The molecule has 92 valence electrons. The van der Waals surface area contributed by atoms with Crippen molar-refractivity contribution in [2.75, 3.05) is 0 Å². The normalized spacial score (nSPS) is 23.6. The van der Waals surface area contributed by atoms with Crippen LogP contribution in [0.2, 0.25) is 0 Å². The van der Waals surface area contributed by atoms with Crippen molar-refractivity contribution in [2.24, 2.45) is 5.73 Å². The second-order valence-corrected chi connectivity index (χ2v) is 6.12. The lowest BCUT2D eigenvalue weighted by molar-refractivity contribution is 0.443. The molecule has 17 heavy (non-hydrogen) atoms. The van der Waals surface area contributed by atoms with E-state index in [0.717, 1.165) is 12.3 Å². The van der Waals surface area contributed by atoms with E-state index in [4.69, 9.17) is 5.73 Å². The van der Waals surface area contributed by atoms with E-state index in [1.807, 2.05) is 0 Å². The Bertz CT molecular complexity index is 386. The van der Waals surface area contributed by atoms with Gasteiger partial charge in [0.15, 0.2) is 0 Å². The molecule has 3 rings (SSSR count). The van der Waals surface area contributed by atoms with Gasteiger partial charge in [-0.25, -0.2) is 0 Å². The minimum Gasteiger partial charge on any atom is -0.325 e. The highest BCUT2D eigenvalue weighted by Gasteiger charge is 2.37. The molecule has 0 amide bonds. The van der Waals surface area contributed by atoms with Crippen molar-refractivity contribution in [1.29, 1.82) is 0 Å². The van der Waals surface area contributed by atoms with E-state index < -0.39 is 0 Å². The van der Waals surface area contributed by atoms with E-state index in [9.17, 15) is 0 Å². The first-order valence-electron chi connectivity index (χ1n) is 7.13. The number of benzene rings is 1. The Kier molecular flexibility index (Phi) is 2.96. The molecular formula is C16H23N. The summed E-state index contributed by atoms with van der Waals surface area (Å²) in [6.45, 7) is 0. The fourth-order valence-corrected chi connectivity index (χ4v) is 3.14. The van der Waals surface area contributed by atoms with Crippen molar-refractivity contribution < 1.29 is 0 Å². The molecule has 0 saturated heterocycles. The van der Waals surface area contributed by atoms with Crippen LogP contribution in [0.15, 0.2) is 24.3 Å². The highest BCUT2D eigenvalue weighted by molar-refractivity contribution is 5.29. The molecule has 2 aliphatic carbocycles. The maximum absolute atomic E-state index is 6.21. The van der Waals surface area contributed by atoms with Crippen LogP contribution >= 0.6 is 0 Å². The summed E-state index contributed by atoms with van der Waals surface area (Å²) in [7, 11) is 0. The van der Waals surface area contributed by atoms with Gasteiger partial charge in [-0.2, -0.15) is 0 Å². The van der Waals surface area contributed by atoms with Gasteiger partial charge in [0.05, 0.1) is 0 Å². The lowest BCUT2D eigenvalue weighted by Crippen LogP contribution is -2.24. The molecule has 2 saturated carbocycles. The molecule has 2 N–H and O–H groups in total. The van der Waals surface area contributed by atoms with Crippen molar-refractivity contribution in [1.82, 2.24) is 0 Å². The number of hydrogen-bond acceptors (Lipinski definition) is 1. The van der Waals surface area contributed by atoms with Crippen molar-refractivity contribution in [2.45, 2.75) is 62.8 Å². The summed E-state index contributed by atoms with van der Waals surface area (Å²) in [4.78, 5) is 0. The van der Waals surface area contributed by atoms with Crippen LogP contribution in [0.3, 0.4) is 0 Å². The molecule has 0 unspecified atom stereocenters. The molecule has 2 fully saturated rings. The Morgan fingerprint density at radius 1 is 1.12 bits per heavy atom. The SMILES string of the molecule is NC1(Cc2cccc(C3CCCCC3)c2)CC1. The molecule has 1 aromatic rings. The second kappa shape index (κ2) is 4.45. The lowest BCUT2D eigenvalue weighted by atomic mass is 9.83. The monoisotopic (exact) mass is 229 g/mol. The molecule has 0 bridgehead atoms. The molecule has 1 heteroatoms. The van der Waals surface area contributed by atoms with Crippen molar-refractivity contribution >= 4 is 0 Å². The largest absolute Gasteiger partial charge is 0.325 e. The van der Waals surface area contributed by atoms with Crippen molar-refractivity contribution in [3.8, 4) is 0 Å². The number of nitrogens with two attached hydrogens (primary N) is 1. The van der Waals surface area contributed by atoms with Crippen LogP contribution < -0.4 is 5.73 Å². The van der Waals surface area contributed by atoms with Gasteiger partial charge in [0.1, 0.15) is 0 Å². The fourth-order valence-electron chi connectivity index (χ4n) is 3.14. The molecule has 0 heterocycles. The van der Waals surface area contributed by atoms with Gasteiger partial charge in [-0.05, 0) is 49.1 Å². The van der Waals surface area contributed by atoms with E-state index >= 15 is 0 Å². The van der Waals surface area contributed by atoms with Gasteiger partial charge >= 0.3 is 0 Å². The summed E-state index contributed by atoms with van der Waals surface area (Å²) in [5.41, 5.74) is 9.36. The first-order valence-corrected chi connectivity index (χ1v) is 7.13. The van der Waals surface area contributed by atoms with Gasteiger partial charge in [-0.3, -0.25) is 0 Å². The standard InChI is InChI=1S/C16H23N/c17-16(9-10-16)12-13-5-4-8-15(11-13)14-6-2-1-3-7-14/h4-5,8,11,14H,1-3,6-7,9-10,12,17H2. The molecule has 1 nitrogen and oxygen atoms in total. The Labute approximate surface area is 104 Å². The minimum atomic E-state index is 0.144. The molecule has 0 aliphatic heterocycles. The van der Waals surface area contributed by atoms with Gasteiger partial charge in [0, 0.05) is 5.54 Å². The lowest BCUT2D eigenvalue weighted by Gasteiger charge is -2.22. The van der Waals surface area contributed by atoms with Crippen molar-refractivity contribution in [3.05, 3.63) is 35.4 Å². The van der Waals surface area contributed by atoms with Crippen LogP contribution in [-0.4, -0.2) is 5.54 Å². The van der Waals surface area contributed by atoms with Crippen LogP contribution in [0.4, 0.5) is 0 Å². The predicted octanol–water partition coefficient (Wildman–Crippen LogP) is 3.77. The molecule has 1 aromatic carbocycles. The smallest absolute Gasteiger partial charge is 0.0196 e. The molecular weight excluding hydrogens is 206 g/mol. The average molecular weight is 229 g/mol. The van der Waals surface area contributed by atoms with Gasteiger partial charge in [0.25, 0.3) is 0 Å². The summed E-state index contributed by atoms with van der Waals surface area (Å²) >= 11 is 0. The van der Waals surface area contributed by atoms with Crippen LogP contribution in [-0.2, 0) is 6.42 Å². The highest BCUT2D eigenvalue weighted by Crippen LogP contribution is 2.37. The van der Waals surface area contributed by atoms with Crippen molar-refractivity contribution in [3.63, 3.8) is 0 Å². The topological polar surface area (TPSA) is 26.0 Å². The van der Waals surface area contributed by atoms with Gasteiger partial charge in [-0.15, -0.1) is 0 Å². The van der Waals surface area contributed by atoms with Crippen LogP contribution in [0.5, 0.6) is 0 Å². The highest BCUT2D eigenvalue weighted by atomic mass is 14.8. The van der Waals surface area contributed by atoms with Gasteiger partial charge in [0.2, 0.25) is 0 Å². The fraction of sp³-hybridized carbons (Fsp3) is 0.625. The van der Waals surface area contributed by atoms with Crippen LogP contribution in [0, 0.1) is 0 Å². The number of hydrogen-bond donors (Lipinski definition) is 1. The van der Waals surface area contributed by atoms with E-state index in [1.165, 1.54) is 50.5 Å². The summed E-state index contributed by atoms with van der Waals surface area (Å²) in [5.74, 6) is 0.816. The van der Waals surface area contributed by atoms with E-state index in [2.05, 4.69) is 24.3 Å². The Balaban J connectivity index is 1.73. The third-order valence-corrected chi connectivity index (χ3v) is 4.48. The molecule has 0 spiro atoms. The minimum absolute atomic E-state index is 0.144. The maximum atomic E-state index is 6.21. The van der Waals surface area contributed by atoms with Gasteiger partial charge < -0.3 is 5.73 Å². The summed E-state index contributed by atoms with van der Waals surface area (Å²) in [6, 6.07) is 9.21.